The SMILES string of the molecule is COc1cc(OC)c([I+]c2ccc(CCOc3ccc(Cl)c(F)c3)cc2)c(OC)c1. The topological polar surface area (TPSA) is 36.9 Å². The third-order valence-electron chi connectivity index (χ3n) is 4.32. The fourth-order valence-corrected chi connectivity index (χ4v) is 5.48. The maximum atomic E-state index is 13.5. The lowest BCUT2D eigenvalue weighted by atomic mass is 10.2. The first-order valence-corrected chi connectivity index (χ1v) is 11.7. The van der Waals surface area contributed by atoms with Crippen LogP contribution in [0.2, 0.25) is 5.02 Å². The van der Waals surface area contributed by atoms with Crippen molar-refractivity contribution in [2.45, 2.75) is 6.42 Å². The summed E-state index contributed by atoms with van der Waals surface area (Å²) in [4.78, 5) is 0. The van der Waals surface area contributed by atoms with Gasteiger partial charge in [-0.15, -0.1) is 0 Å². The Hall–Kier alpha value is -2.19. The predicted octanol–water partition coefficient (Wildman–Crippen LogP) is 2.25. The van der Waals surface area contributed by atoms with Crippen molar-refractivity contribution in [2.24, 2.45) is 0 Å². The number of methoxy groups -OCH3 is 3. The zero-order chi connectivity index (χ0) is 21.5. The van der Waals surface area contributed by atoms with Crippen molar-refractivity contribution in [3.8, 4) is 23.0 Å². The molecule has 7 heteroatoms. The first-order chi connectivity index (χ1) is 14.5. The molecular weight excluding hydrogens is 522 g/mol. The Balaban J connectivity index is 1.64. The smallest absolute Gasteiger partial charge is 0.366 e. The highest BCUT2D eigenvalue weighted by Crippen LogP contribution is 2.27. The lowest BCUT2D eigenvalue weighted by Gasteiger charge is -2.08. The maximum Gasteiger partial charge on any atom is 0.366 e. The molecule has 0 N–H and O–H groups in total. The van der Waals surface area contributed by atoms with E-state index in [4.69, 9.17) is 30.5 Å². The molecule has 0 aliphatic heterocycles. The molecule has 3 aromatic rings. The van der Waals surface area contributed by atoms with Crippen LogP contribution in [-0.2, 0) is 6.42 Å². The summed E-state index contributed by atoms with van der Waals surface area (Å²) in [6, 6.07) is 16.6. The first-order valence-electron chi connectivity index (χ1n) is 9.15. The van der Waals surface area contributed by atoms with Crippen LogP contribution in [0.1, 0.15) is 5.56 Å². The van der Waals surface area contributed by atoms with Crippen LogP contribution in [0.5, 0.6) is 23.0 Å². The van der Waals surface area contributed by atoms with Crippen molar-refractivity contribution in [3.63, 3.8) is 0 Å². The molecule has 0 aromatic heterocycles. The second-order valence-corrected chi connectivity index (χ2v) is 9.51. The zero-order valence-electron chi connectivity index (χ0n) is 16.9. The van der Waals surface area contributed by atoms with Crippen LogP contribution in [-0.4, -0.2) is 27.9 Å². The van der Waals surface area contributed by atoms with Gasteiger partial charge in [-0.05, 0) is 29.8 Å². The molecule has 4 nitrogen and oxygen atoms in total. The molecule has 0 radical (unpaired) electrons. The van der Waals surface area contributed by atoms with E-state index in [0.717, 1.165) is 27.1 Å². The van der Waals surface area contributed by atoms with E-state index in [9.17, 15) is 4.39 Å². The highest BCUT2D eigenvalue weighted by atomic mass is 127. The second kappa shape index (κ2) is 10.7. The van der Waals surface area contributed by atoms with Crippen LogP contribution >= 0.6 is 11.6 Å². The van der Waals surface area contributed by atoms with Gasteiger partial charge in [0, 0.05) is 24.6 Å². The van der Waals surface area contributed by atoms with E-state index in [2.05, 4.69) is 24.3 Å². The van der Waals surface area contributed by atoms with Gasteiger partial charge < -0.3 is 18.9 Å². The Kier molecular flexibility index (Phi) is 8.04. The number of rotatable bonds is 9. The molecule has 0 bridgehead atoms. The van der Waals surface area contributed by atoms with Crippen LogP contribution in [0.4, 0.5) is 4.39 Å². The summed E-state index contributed by atoms with van der Waals surface area (Å²) >= 11 is 5.18. The molecule has 0 fully saturated rings. The van der Waals surface area contributed by atoms with Crippen molar-refractivity contribution >= 4 is 11.6 Å². The summed E-state index contributed by atoms with van der Waals surface area (Å²) in [5, 5.41) is 0.0892. The standard InChI is InChI=1S/C23H22ClFIO4/c1-27-18-13-21(28-2)23(22(14-18)29-3)26-16-6-4-15(5-7-16)10-11-30-17-8-9-19(24)20(25)12-17/h4-9,12-14H,10-11H2,1-3H3/q+1. The molecule has 0 aliphatic carbocycles. The summed E-state index contributed by atoms with van der Waals surface area (Å²) in [6.45, 7) is 0.454. The Morgan fingerprint density at radius 3 is 2.07 bits per heavy atom. The van der Waals surface area contributed by atoms with Gasteiger partial charge in [0.2, 0.25) is 0 Å². The number of benzene rings is 3. The average Bonchev–Trinajstić information content (AvgIpc) is 2.77. The van der Waals surface area contributed by atoms with Crippen LogP contribution in [0, 0.1) is 13.0 Å². The predicted molar refractivity (Wildman–Crippen MR) is 111 cm³/mol. The Morgan fingerprint density at radius 2 is 1.50 bits per heavy atom. The van der Waals surface area contributed by atoms with Crippen molar-refractivity contribution in [2.75, 3.05) is 27.9 Å². The van der Waals surface area contributed by atoms with Gasteiger partial charge in [-0.1, -0.05) is 23.7 Å². The zero-order valence-corrected chi connectivity index (χ0v) is 19.8. The lowest BCUT2D eigenvalue weighted by molar-refractivity contribution is -0.598. The minimum Gasteiger partial charge on any atom is -0.496 e. The highest BCUT2D eigenvalue weighted by molar-refractivity contribution is 6.30. The summed E-state index contributed by atoms with van der Waals surface area (Å²) in [7, 11) is 4.92. The Bertz CT molecular complexity index is 970. The molecule has 0 atom stereocenters. The molecule has 0 aliphatic rings. The number of halogens is 3. The van der Waals surface area contributed by atoms with Gasteiger partial charge in [-0.2, -0.15) is 0 Å². The van der Waals surface area contributed by atoms with E-state index < -0.39 is 27.0 Å². The Morgan fingerprint density at radius 1 is 0.833 bits per heavy atom. The van der Waals surface area contributed by atoms with E-state index in [1.165, 1.54) is 15.7 Å². The normalized spacial score (nSPS) is 10.6. The third-order valence-corrected chi connectivity index (χ3v) is 7.57. The van der Waals surface area contributed by atoms with Crippen molar-refractivity contribution in [1.29, 1.82) is 0 Å². The fraction of sp³-hybridized carbons (Fsp3) is 0.217. The molecule has 0 unspecified atom stereocenters. The number of hydrogen-bond donors (Lipinski definition) is 0. The molecule has 30 heavy (non-hydrogen) atoms. The highest BCUT2D eigenvalue weighted by Gasteiger charge is 2.27. The van der Waals surface area contributed by atoms with E-state index >= 15 is 0 Å². The van der Waals surface area contributed by atoms with Crippen LogP contribution in [0.15, 0.2) is 54.6 Å². The number of hydrogen-bond acceptors (Lipinski definition) is 4. The van der Waals surface area contributed by atoms with Gasteiger partial charge in [0.05, 0.1) is 33.0 Å². The molecule has 3 rings (SSSR count). The van der Waals surface area contributed by atoms with Crippen molar-refractivity contribution in [1.82, 2.24) is 0 Å². The summed E-state index contributed by atoms with van der Waals surface area (Å²) in [6.07, 6.45) is 0.720. The third kappa shape index (κ3) is 5.70. The average molecular weight is 544 g/mol. The van der Waals surface area contributed by atoms with Gasteiger partial charge in [-0.3, -0.25) is 0 Å². The Labute approximate surface area is 191 Å². The van der Waals surface area contributed by atoms with Crippen LogP contribution in [0.3, 0.4) is 0 Å². The van der Waals surface area contributed by atoms with E-state index in [1.54, 1.807) is 27.4 Å². The molecule has 0 saturated carbocycles. The molecule has 158 valence electrons. The molecule has 0 saturated heterocycles. The van der Waals surface area contributed by atoms with Crippen molar-refractivity contribution < 1.29 is 44.5 Å². The molecule has 0 spiro atoms. The van der Waals surface area contributed by atoms with Gasteiger partial charge in [-0.25, -0.2) is 4.39 Å². The number of ether oxygens (including phenoxy) is 4. The first kappa shape index (κ1) is 22.5. The summed E-state index contributed by atoms with van der Waals surface area (Å²) < 4.78 is 37.8. The quantitative estimate of drug-likeness (QED) is 0.388. The maximum absolute atomic E-state index is 13.5. The molecule has 3 aromatic carbocycles. The summed E-state index contributed by atoms with van der Waals surface area (Å²) in [5.41, 5.74) is 1.14. The second-order valence-electron chi connectivity index (χ2n) is 6.24. The van der Waals surface area contributed by atoms with Gasteiger partial charge in [0.25, 0.3) is 3.57 Å². The molecular formula is C23H22ClFIO4+. The van der Waals surface area contributed by atoms with E-state index in [-0.39, 0.29) is 5.02 Å². The van der Waals surface area contributed by atoms with Gasteiger partial charge in [0.15, 0.2) is 15.1 Å². The summed E-state index contributed by atoms with van der Waals surface area (Å²) in [5.74, 6) is 2.23. The van der Waals surface area contributed by atoms with Gasteiger partial charge >= 0.3 is 21.2 Å². The largest absolute Gasteiger partial charge is 0.496 e. The molecule has 0 heterocycles. The monoisotopic (exact) mass is 543 g/mol. The minimum atomic E-state index is -0.507. The van der Waals surface area contributed by atoms with Crippen LogP contribution < -0.4 is 40.2 Å². The van der Waals surface area contributed by atoms with Crippen LogP contribution in [0.25, 0.3) is 0 Å². The minimum absolute atomic E-state index is 0.0892. The van der Waals surface area contributed by atoms with Crippen molar-refractivity contribution in [3.05, 3.63) is 78.1 Å². The van der Waals surface area contributed by atoms with E-state index in [1.807, 2.05) is 12.1 Å². The van der Waals surface area contributed by atoms with Gasteiger partial charge in [0.1, 0.15) is 17.3 Å². The molecule has 0 amide bonds. The fourth-order valence-electron chi connectivity index (χ4n) is 2.73. The van der Waals surface area contributed by atoms with E-state index in [0.29, 0.717) is 18.1 Å². The lowest BCUT2D eigenvalue weighted by Crippen LogP contribution is -3.61.